The topological polar surface area (TPSA) is 103 Å². The number of nitrogens with zero attached hydrogens (tertiary/aromatic N) is 3. The van der Waals surface area contributed by atoms with E-state index in [-0.39, 0.29) is 37.3 Å². The summed E-state index contributed by atoms with van der Waals surface area (Å²) in [5.74, 6) is -1.12. The molecule has 1 saturated heterocycles. The van der Waals surface area contributed by atoms with Crippen LogP contribution in [0.1, 0.15) is 35.5 Å². The van der Waals surface area contributed by atoms with E-state index in [1.54, 1.807) is 38.1 Å². The average Bonchev–Trinajstić information content (AvgIpc) is 2.81. The molecule has 1 aliphatic rings. The highest BCUT2D eigenvalue weighted by atomic mass is 32.2. The minimum atomic E-state index is -3.40. The number of amides is 1. The molecule has 0 atom stereocenters. The van der Waals surface area contributed by atoms with Crippen molar-refractivity contribution in [3.63, 3.8) is 0 Å². The van der Waals surface area contributed by atoms with E-state index in [1.165, 1.54) is 21.3 Å². The van der Waals surface area contributed by atoms with Crippen LogP contribution in [0.15, 0.2) is 47.3 Å². The predicted octanol–water partition coefficient (Wildman–Crippen LogP) is 2.15. The van der Waals surface area contributed by atoms with E-state index in [2.05, 4.69) is 10.2 Å². The first-order valence-electron chi connectivity index (χ1n) is 10.7. The van der Waals surface area contributed by atoms with Gasteiger partial charge in [-0.15, -0.1) is 0 Å². The zero-order valence-corrected chi connectivity index (χ0v) is 19.2. The van der Waals surface area contributed by atoms with Gasteiger partial charge in [0.05, 0.1) is 21.9 Å². The van der Waals surface area contributed by atoms with Crippen LogP contribution in [0, 0.1) is 5.82 Å². The summed E-state index contributed by atoms with van der Waals surface area (Å²) in [5.41, 5.74) is 0.928. The fourth-order valence-electron chi connectivity index (χ4n) is 3.96. The van der Waals surface area contributed by atoms with Gasteiger partial charge in [0, 0.05) is 38.0 Å². The number of carbonyl (C=O) groups is 1. The molecule has 0 bridgehead atoms. The average molecular weight is 473 g/mol. The number of aromatic amines is 1. The number of sulfonamides is 1. The second-order valence-corrected chi connectivity index (χ2v) is 10.8. The van der Waals surface area contributed by atoms with Gasteiger partial charge in [-0.25, -0.2) is 17.9 Å². The van der Waals surface area contributed by atoms with Crippen molar-refractivity contribution in [2.75, 3.05) is 26.2 Å². The number of benzene rings is 2. The molecule has 2 aromatic carbocycles. The van der Waals surface area contributed by atoms with E-state index in [0.717, 1.165) is 0 Å². The van der Waals surface area contributed by atoms with E-state index in [0.29, 0.717) is 28.5 Å². The van der Waals surface area contributed by atoms with Gasteiger partial charge in [-0.05, 0) is 37.6 Å². The van der Waals surface area contributed by atoms with Crippen molar-refractivity contribution < 1.29 is 17.6 Å². The summed E-state index contributed by atoms with van der Waals surface area (Å²) in [6.07, 6.45) is 0.304. The number of hydrogen-bond donors (Lipinski definition) is 1. The normalized spacial score (nSPS) is 15.3. The molecule has 2 heterocycles. The summed E-state index contributed by atoms with van der Waals surface area (Å²) in [6, 6.07) is 11.4. The molecule has 0 saturated carbocycles. The highest BCUT2D eigenvalue weighted by Gasteiger charge is 2.31. The van der Waals surface area contributed by atoms with E-state index >= 15 is 0 Å². The smallest absolute Gasteiger partial charge is 0.272 e. The maximum atomic E-state index is 14.6. The van der Waals surface area contributed by atoms with Crippen molar-refractivity contribution >= 4 is 26.7 Å². The molecular formula is C23H25FN4O4S. The Morgan fingerprint density at radius 3 is 2.42 bits per heavy atom. The predicted molar refractivity (Wildman–Crippen MR) is 123 cm³/mol. The minimum Gasteiger partial charge on any atom is -0.336 e. The van der Waals surface area contributed by atoms with Crippen molar-refractivity contribution in [1.29, 1.82) is 0 Å². The fourth-order valence-corrected chi connectivity index (χ4v) is 5.23. The quantitative estimate of drug-likeness (QED) is 0.613. The molecule has 3 aromatic rings. The zero-order chi connectivity index (χ0) is 23.8. The summed E-state index contributed by atoms with van der Waals surface area (Å²) in [7, 11) is -3.40. The van der Waals surface area contributed by atoms with Crippen LogP contribution >= 0.6 is 0 Å². The Kier molecular flexibility index (Phi) is 6.31. The molecule has 1 aliphatic heterocycles. The van der Waals surface area contributed by atoms with E-state index in [4.69, 9.17) is 0 Å². The van der Waals surface area contributed by atoms with Crippen molar-refractivity contribution in [1.82, 2.24) is 19.4 Å². The second-order valence-electron chi connectivity index (χ2n) is 8.32. The molecule has 33 heavy (non-hydrogen) atoms. The summed E-state index contributed by atoms with van der Waals surface area (Å²) in [5, 5.41) is 7.29. The highest BCUT2D eigenvalue weighted by molar-refractivity contribution is 7.89. The van der Waals surface area contributed by atoms with Crippen molar-refractivity contribution in [2.45, 2.75) is 25.5 Å². The Morgan fingerprint density at radius 1 is 1.09 bits per heavy atom. The van der Waals surface area contributed by atoms with E-state index in [9.17, 15) is 22.4 Å². The van der Waals surface area contributed by atoms with E-state index < -0.39 is 27.0 Å². The maximum Gasteiger partial charge on any atom is 0.272 e. The lowest BCUT2D eigenvalue weighted by atomic mass is 10.0. The molecule has 0 spiro atoms. The van der Waals surface area contributed by atoms with Gasteiger partial charge in [-0.3, -0.25) is 9.59 Å². The third-order valence-corrected chi connectivity index (χ3v) is 8.17. The Balaban J connectivity index is 1.55. The Bertz CT molecular complexity index is 1360. The maximum absolute atomic E-state index is 14.6. The molecule has 174 valence electrons. The van der Waals surface area contributed by atoms with Crippen LogP contribution in [-0.4, -0.2) is 65.2 Å². The third kappa shape index (κ3) is 4.53. The van der Waals surface area contributed by atoms with Crippen LogP contribution in [0.25, 0.3) is 10.8 Å². The standard InChI is InChI=1S/C23H25FN4O4S/c1-15(2)33(31,32)28-11-9-27(10-12-28)23(30)19-13-16(7-8-20(19)24)14-21-17-5-3-4-6-18(17)22(29)26-25-21/h3-8,13,15H,9-12,14H2,1-2H3,(H,26,29). The first-order chi connectivity index (χ1) is 15.7. The van der Waals surface area contributed by atoms with Crippen LogP contribution in [0.5, 0.6) is 0 Å². The number of fused-ring (bicyclic) bond motifs is 1. The number of aromatic nitrogens is 2. The first-order valence-corrected chi connectivity index (χ1v) is 12.2. The van der Waals surface area contributed by atoms with Gasteiger partial charge in [-0.2, -0.15) is 9.40 Å². The molecule has 4 rings (SSSR count). The van der Waals surface area contributed by atoms with Gasteiger partial charge in [-0.1, -0.05) is 24.3 Å². The lowest BCUT2D eigenvalue weighted by Crippen LogP contribution is -2.52. The fraction of sp³-hybridized carbons (Fsp3) is 0.348. The Morgan fingerprint density at radius 2 is 1.76 bits per heavy atom. The van der Waals surface area contributed by atoms with Crippen LogP contribution in [-0.2, 0) is 16.4 Å². The number of piperazine rings is 1. The molecule has 0 unspecified atom stereocenters. The molecule has 1 N–H and O–H groups in total. The number of rotatable bonds is 5. The largest absolute Gasteiger partial charge is 0.336 e. The summed E-state index contributed by atoms with van der Waals surface area (Å²) in [6.45, 7) is 3.99. The third-order valence-electron chi connectivity index (χ3n) is 5.89. The molecule has 0 aliphatic carbocycles. The number of halogens is 1. The van der Waals surface area contributed by atoms with Crippen molar-refractivity contribution in [3.05, 3.63) is 75.5 Å². The van der Waals surface area contributed by atoms with E-state index in [1.807, 2.05) is 6.07 Å². The van der Waals surface area contributed by atoms with Crippen molar-refractivity contribution in [3.8, 4) is 0 Å². The van der Waals surface area contributed by atoms with Gasteiger partial charge in [0.25, 0.3) is 11.5 Å². The first kappa shape index (κ1) is 23.1. The summed E-state index contributed by atoms with van der Waals surface area (Å²) >= 11 is 0. The summed E-state index contributed by atoms with van der Waals surface area (Å²) in [4.78, 5) is 26.5. The second kappa shape index (κ2) is 9.03. The molecular weight excluding hydrogens is 447 g/mol. The monoisotopic (exact) mass is 472 g/mol. The number of H-pyrrole nitrogens is 1. The molecule has 1 fully saturated rings. The molecule has 0 radical (unpaired) electrons. The van der Waals surface area contributed by atoms with Gasteiger partial charge >= 0.3 is 0 Å². The number of carbonyl (C=O) groups excluding carboxylic acids is 1. The van der Waals surface area contributed by atoms with Gasteiger partial charge in [0.15, 0.2) is 0 Å². The van der Waals surface area contributed by atoms with Gasteiger partial charge < -0.3 is 4.90 Å². The van der Waals surface area contributed by atoms with Crippen molar-refractivity contribution in [2.24, 2.45) is 0 Å². The summed E-state index contributed by atoms with van der Waals surface area (Å²) < 4.78 is 40.7. The molecule has 1 aromatic heterocycles. The lowest BCUT2D eigenvalue weighted by molar-refractivity contribution is 0.0692. The van der Waals surface area contributed by atoms with Gasteiger partial charge in [0.2, 0.25) is 10.0 Å². The van der Waals surface area contributed by atoms with Gasteiger partial charge in [0.1, 0.15) is 5.82 Å². The Hall–Kier alpha value is -3.11. The minimum absolute atomic E-state index is 0.0682. The van der Waals surface area contributed by atoms with Crippen LogP contribution in [0.3, 0.4) is 0 Å². The molecule has 1 amide bonds. The lowest BCUT2D eigenvalue weighted by Gasteiger charge is -2.35. The Labute approximate surface area is 191 Å². The number of hydrogen-bond acceptors (Lipinski definition) is 5. The van der Waals surface area contributed by atoms with Crippen LogP contribution in [0.2, 0.25) is 0 Å². The molecule has 10 heteroatoms. The van der Waals surface area contributed by atoms with Crippen LogP contribution < -0.4 is 5.56 Å². The zero-order valence-electron chi connectivity index (χ0n) is 18.4. The number of nitrogens with one attached hydrogen (secondary N) is 1. The van der Waals surface area contributed by atoms with Crippen LogP contribution in [0.4, 0.5) is 4.39 Å². The highest BCUT2D eigenvalue weighted by Crippen LogP contribution is 2.20. The molecule has 8 nitrogen and oxygen atoms in total. The SMILES string of the molecule is CC(C)S(=O)(=O)N1CCN(C(=O)c2cc(Cc3n[nH]c(=O)c4ccccc34)ccc2F)CC1.